The van der Waals surface area contributed by atoms with Gasteiger partial charge in [-0.3, -0.25) is 4.79 Å². The van der Waals surface area contributed by atoms with Crippen molar-refractivity contribution in [2.75, 3.05) is 6.61 Å². The summed E-state index contributed by atoms with van der Waals surface area (Å²) in [6.45, 7) is 14.4. The minimum absolute atomic E-state index is 0.0104. The number of carbonyl (C=O) groups is 1. The molecule has 1 aromatic carbocycles. The topological polar surface area (TPSA) is 38.3 Å². The highest BCUT2D eigenvalue weighted by Gasteiger charge is 2.20. The van der Waals surface area contributed by atoms with Gasteiger partial charge in [0.15, 0.2) is 6.61 Å². The molecule has 0 aliphatic carbocycles. The smallest absolute Gasteiger partial charge is 0.258 e. The van der Waals surface area contributed by atoms with E-state index in [0.717, 1.165) is 16.9 Å². The number of nitrogens with one attached hydrogen (secondary N) is 1. The number of carbonyl (C=O) groups excluding carboxylic acids is 1. The lowest BCUT2D eigenvalue weighted by atomic mass is 9.86. The van der Waals surface area contributed by atoms with Gasteiger partial charge in [0, 0.05) is 5.54 Å². The Morgan fingerprint density at radius 3 is 2.25 bits per heavy atom. The van der Waals surface area contributed by atoms with Crippen LogP contribution in [-0.2, 0) is 10.2 Å². The van der Waals surface area contributed by atoms with Gasteiger partial charge < -0.3 is 10.1 Å². The lowest BCUT2D eigenvalue weighted by Gasteiger charge is -2.24. The first-order valence-corrected chi connectivity index (χ1v) is 7.04. The van der Waals surface area contributed by atoms with Crippen LogP contribution in [0.3, 0.4) is 0 Å². The summed E-state index contributed by atoms with van der Waals surface area (Å²) in [6.07, 6.45) is 0. The SMILES string of the molecule is Cc1ccc(C(C)(C)C)c(OCC(=O)NC(C)(C)C)c1. The fraction of sp³-hybridized carbons (Fsp3) is 0.588. The Balaban J connectivity index is 2.82. The van der Waals surface area contributed by atoms with Crippen LogP contribution in [0.1, 0.15) is 52.7 Å². The quantitative estimate of drug-likeness (QED) is 0.917. The maximum atomic E-state index is 11.8. The molecule has 3 heteroatoms. The van der Waals surface area contributed by atoms with Gasteiger partial charge in [-0.1, -0.05) is 32.9 Å². The third-order valence-electron chi connectivity index (χ3n) is 2.82. The molecule has 1 N–H and O–H groups in total. The summed E-state index contributed by atoms with van der Waals surface area (Å²) in [5.41, 5.74) is 2.00. The van der Waals surface area contributed by atoms with Gasteiger partial charge in [0.2, 0.25) is 0 Å². The Kier molecular flexibility index (Phi) is 4.85. The maximum Gasteiger partial charge on any atom is 0.258 e. The number of aryl methyl sites for hydroxylation is 1. The molecule has 0 saturated carbocycles. The Labute approximate surface area is 122 Å². The van der Waals surface area contributed by atoms with Crippen molar-refractivity contribution in [3.63, 3.8) is 0 Å². The minimum atomic E-state index is -0.236. The summed E-state index contributed by atoms with van der Waals surface area (Å²) < 4.78 is 5.74. The van der Waals surface area contributed by atoms with Crippen LogP contribution in [0.25, 0.3) is 0 Å². The fourth-order valence-corrected chi connectivity index (χ4v) is 1.97. The molecule has 0 fully saturated rings. The molecule has 0 aromatic heterocycles. The third kappa shape index (κ3) is 5.24. The molecule has 0 radical (unpaired) electrons. The van der Waals surface area contributed by atoms with E-state index in [1.165, 1.54) is 0 Å². The third-order valence-corrected chi connectivity index (χ3v) is 2.82. The average Bonchev–Trinajstić information content (AvgIpc) is 2.22. The number of amides is 1. The number of rotatable bonds is 3. The van der Waals surface area contributed by atoms with Crippen LogP contribution in [0.2, 0.25) is 0 Å². The molecule has 0 bridgehead atoms. The average molecular weight is 277 g/mol. The minimum Gasteiger partial charge on any atom is -0.483 e. The second kappa shape index (κ2) is 5.86. The Bertz CT molecular complexity index is 479. The summed E-state index contributed by atoms with van der Waals surface area (Å²) in [6, 6.07) is 6.14. The molecular weight excluding hydrogens is 250 g/mol. The van der Waals surface area contributed by atoms with Crippen molar-refractivity contribution in [1.82, 2.24) is 5.32 Å². The van der Waals surface area contributed by atoms with Crippen LogP contribution < -0.4 is 10.1 Å². The number of hydrogen-bond acceptors (Lipinski definition) is 2. The van der Waals surface area contributed by atoms with E-state index in [0.29, 0.717) is 0 Å². The fourth-order valence-electron chi connectivity index (χ4n) is 1.97. The van der Waals surface area contributed by atoms with Crippen molar-refractivity contribution in [2.24, 2.45) is 0 Å². The highest BCUT2D eigenvalue weighted by atomic mass is 16.5. The van der Waals surface area contributed by atoms with E-state index < -0.39 is 0 Å². The van der Waals surface area contributed by atoms with Crippen LogP contribution >= 0.6 is 0 Å². The van der Waals surface area contributed by atoms with E-state index in [1.54, 1.807) is 0 Å². The highest BCUT2D eigenvalue weighted by molar-refractivity contribution is 5.78. The number of benzene rings is 1. The molecular formula is C17H27NO2. The highest BCUT2D eigenvalue weighted by Crippen LogP contribution is 2.32. The van der Waals surface area contributed by atoms with Crippen molar-refractivity contribution in [3.8, 4) is 5.75 Å². The van der Waals surface area contributed by atoms with Gasteiger partial charge in [0.1, 0.15) is 5.75 Å². The normalized spacial score (nSPS) is 12.2. The van der Waals surface area contributed by atoms with Crippen LogP contribution in [0, 0.1) is 6.92 Å². The Morgan fingerprint density at radius 1 is 1.15 bits per heavy atom. The molecule has 1 rings (SSSR count). The first-order chi connectivity index (χ1) is 8.99. The summed E-state index contributed by atoms with van der Waals surface area (Å²) in [4.78, 5) is 11.8. The Morgan fingerprint density at radius 2 is 1.75 bits per heavy atom. The molecule has 0 unspecified atom stereocenters. The van der Waals surface area contributed by atoms with Crippen molar-refractivity contribution >= 4 is 5.91 Å². The van der Waals surface area contributed by atoms with E-state index in [4.69, 9.17) is 4.74 Å². The predicted octanol–water partition coefficient (Wildman–Crippen LogP) is 3.59. The van der Waals surface area contributed by atoms with Gasteiger partial charge in [-0.05, 0) is 50.3 Å². The summed E-state index contributed by atoms with van der Waals surface area (Å²) in [7, 11) is 0. The molecule has 20 heavy (non-hydrogen) atoms. The van der Waals surface area contributed by atoms with Crippen molar-refractivity contribution in [2.45, 2.75) is 59.4 Å². The van der Waals surface area contributed by atoms with E-state index in [2.05, 4.69) is 38.2 Å². The molecule has 0 spiro atoms. The van der Waals surface area contributed by atoms with E-state index in [9.17, 15) is 4.79 Å². The number of ether oxygens (including phenoxy) is 1. The van der Waals surface area contributed by atoms with Crippen molar-refractivity contribution < 1.29 is 9.53 Å². The second-order valence-electron chi connectivity index (χ2n) is 7.34. The van der Waals surface area contributed by atoms with Gasteiger partial charge >= 0.3 is 0 Å². The first kappa shape index (κ1) is 16.5. The van der Waals surface area contributed by atoms with Gasteiger partial charge in [-0.25, -0.2) is 0 Å². The first-order valence-electron chi connectivity index (χ1n) is 7.04. The van der Waals surface area contributed by atoms with Crippen LogP contribution in [0.15, 0.2) is 18.2 Å². The van der Waals surface area contributed by atoms with Crippen LogP contribution in [0.5, 0.6) is 5.75 Å². The van der Waals surface area contributed by atoms with Gasteiger partial charge in [0.25, 0.3) is 5.91 Å². The molecule has 1 aromatic rings. The lowest BCUT2D eigenvalue weighted by molar-refractivity contribution is -0.124. The largest absolute Gasteiger partial charge is 0.483 e. The summed E-state index contributed by atoms with van der Waals surface area (Å²) in [5, 5.41) is 2.90. The van der Waals surface area contributed by atoms with Gasteiger partial charge in [-0.2, -0.15) is 0 Å². The van der Waals surface area contributed by atoms with Gasteiger partial charge in [0.05, 0.1) is 0 Å². The molecule has 0 saturated heterocycles. The van der Waals surface area contributed by atoms with E-state index >= 15 is 0 Å². The molecule has 3 nitrogen and oxygen atoms in total. The number of hydrogen-bond donors (Lipinski definition) is 1. The Hall–Kier alpha value is -1.51. The van der Waals surface area contributed by atoms with E-state index in [-0.39, 0.29) is 23.5 Å². The zero-order valence-electron chi connectivity index (χ0n) is 13.8. The van der Waals surface area contributed by atoms with E-state index in [1.807, 2.05) is 33.8 Å². The molecule has 112 valence electrons. The summed E-state index contributed by atoms with van der Waals surface area (Å²) >= 11 is 0. The molecule has 0 aliphatic rings. The second-order valence-corrected chi connectivity index (χ2v) is 7.34. The lowest BCUT2D eigenvalue weighted by Crippen LogP contribution is -2.43. The van der Waals surface area contributed by atoms with Crippen molar-refractivity contribution in [1.29, 1.82) is 0 Å². The van der Waals surface area contributed by atoms with Gasteiger partial charge in [-0.15, -0.1) is 0 Å². The summed E-state index contributed by atoms with van der Waals surface area (Å²) in [5.74, 6) is 0.695. The zero-order valence-corrected chi connectivity index (χ0v) is 13.8. The monoisotopic (exact) mass is 277 g/mol. The molecule has 1 amide bonds. The zero-order chi connectivity index (χ0) is 15.6. The predicted molar refractivity (Wildman–Crippen MR) is 83.3 cm³/mol. The molecule has 0 aliphatic heterocycles. The standard InChI is InChI=1S/C17H27NO2/c1-12-8-9-13(16(2,3)4)14(10-12)20-11-15(19)18-17(5,6)7/h8-10H,11H2,1-7H3,(H,18,19). The van der Waals surface area contributed by atoms with Crippen LogP contribution in [-0.4, -0.2) is 18.1 Å². The molecule has 0 heterocycles. The molecule has 0 atom stereocenters. The van der Waals surface area contributed by atoms with Crippen LogP contribution in [0.4, 0.5) is 0 Å². The van der Waals surface area contributed by atoms with Crippen molar-refractivity contribution in [3.05, 3.63) is 29.3 Å². The maximum absolute atomic E-state index is 11.8.